The highest BCUT2D eigenvalue weighted by Crippen LogP contribution is 2.05. The Morgan fingerprint density at radius 3 is 2.82 bits per heavy atom. The van der Waals surface area contributed by atoms with Gasteiger partial charge in [0.25, 0.3) is 0 Å². The first-order valence-electron chi connectivity index (χ1n) is 6.16. The van der Waals surface area contributed by atoms with Crippen molar-refractivity contribution >= 4 is 11.8 Å². The maximum atomic E-state index is 4.98. The van der Waals surface area contributed by atoms with Crippen LogP contribution in [0.2, 0.25) is 0 Å². The van der Waals surface area contributed by atoms with Crippen molar-refractivity contribution in [3.63, 3.8) is 0 Å². The van der Waals surface area contributed by atoms with E-state index in [0.29, 0.717) is 5.95 Å². The molecule has 0 aliphatic heterocycles. The molecule has 0 aromatic carbocycles. The van der Waals surface area contributed by atoms with E-state index in [4.69, 9.17) is 4.74 Å². The largest absolute Gasteiger partial charge is 0.385 e. The van der Waals surface area contributed by atoms with Crippen molar-refractivity contribution in [2.75, 3.05) is 37.4 Å². The third kappa shape index (κ3) is 6.06. The number of ether oxygens (including phenoxy) is 1. The van der Waals surface area contributed by atoms with Gasteiger partial charge in [-0.1, -0.05) is 13.3 Å². The van der Waals surface area contributed by atoms with Crippen LogP contribution in [-0.4, -0.2) is 36.8 Å². The summed E-state index contributed by atoms with van der Waals surface area (Å²) in [6.07, 6.45) is 5.04. The van der Waals surface area contributed by atoms with Crippen molar-refractivity contribution in [3.05, 3.63) is 12.3 Å². The van der Waals surface area contributed by atoms with Gasteiger partial charge in [-0.3, -0.25) is 0 Å². The van der Waals surface area contributed by atoms with E-state index in [1.54, 1.807) is 13.3 Å². The van der Waals surface area contributed by atoms with Crippen LogP contribution in [0, 0.1) is 0 Å². The van der Waals surface area contributed by atoms with Crippen LogP contribution in [-0.2, 0) is 4.74 Å². The van der Waals surface area contributed by atoms with Crippen molar-refractivity contribution in [2.24, 2.45) is 0 Å². The van der Waals surface area contributed by atoms with Crippen LogP contribution in [0.15, 0.2) is 12.3 Å². The van der Waals surface area contributed by atoms with Gasteiger partial charge in [-0.25, -0.2) is 4.98 Å². The average Bonchev–Trinajstić information content (AvgIpc) is 2.36. The van der Waals surface area contributed by atoms with Crippen LogP contribution in [0.1, 0.15) is 26.2 Å². The third-order valence-corrected chi connectivity index (χ3v) is 2.30. The Labute approximate surface area is 103 Å². The van der Waals surface area contributed by atoms with Gasteiger partial charge in [0.1, 0.15) is 5.82 Å². The molecule has 1 aromatic heterocycles. The molecule has 0 amide bonds. The van der Waals surface area contributed by atoms with Crippen LogP contribution in [0.3, 0.4) is 0 Å². The Bertz CT molecular complexity index is 306. The minimum atomic E-state index is 0.690. The van der Waals surface area contributed by atoms with E-state index in [0.717, 1.165) is 38.4 Å². The second-order valence-corrected chi connectivity index (χ2v) is 3.82. The Kier molecular flexibility index (Phi) is 7.06. The molecular weight excluding hydrogens is 216 g/mol. The van der Waals surface area contributed by atoms with Crippen molar-refractivity contribution in [1.82, 2.24) is 9.97 Å². The van der Waals surface area contributed by atoms with Gasteiger partial charge in [0.2, 0.25) is 5.95 Å². The molecule has 0 fully saturated rings. The standard InChI is InChI=1S/C12H22N4O/c1-3-4-7-14-12-15-9-6-11(16-12)13-8-5-10-17-2/h6,9H,3-5,7-8,10H2,1-2H3,(H2,13,14,15,16). The monoisotopic (exact) mass is 238 g/mol. The van der Waals surface area contributed by atoms with Crippen LogP contribution in [0.5, 0.6) is 0 Å². The highest BCUT2D eigenvalue weighted by molar-refractivity contribution is 5.39. The molecule has 1 rings (SSSR count). The van der Waals surface area contributed by atoms with Crippen molar-refractivity contribution in [3.8, 4) is 0 Å². The highest BCUT2D eigenvalue weighted by atomic mass is 16.5. The van der Waals surface area contributed by atoms with Gasteiger partial charge in [0.15, 0.2) is 0 Å². The van der Waals surface area contributed by atoms with E-state index in [1.165, 1.54) is 6.42 Å². The minimum absolute atomic E-state index is 0.690. The molecule has 5 heteroatoms. The molecule has 1 heterocycles. The lowest BCUT2D eigenvalue weighted by molar-refractivity contribution is 0.198. The molecule has 0 bridgehead atoms. The lowest BCUT2D eigenvalue weighted by Crippen LogP contribution is -2.09. The predicted octanol–water partition coefficient (Wildman–Crippen LogP) is 2.14. The van der Waals surface area contributed by atoms with E-state index < -0.39 is 0 Å². The molecule has 0 aliphatic rings. The molecule has 0 atom stereocenters. The number of rotatable bonds is 9. The van der Waals surface area contributed by atoms with Gasteiger partial charge in [-0.2, -0.15) is 4.98 Å². The number of hydrogen-bond donors (Lipinski definition) is 2. The maximum Gasteiger partial charge on any atom is 0.224 e. The summed E-state index contributed by atoms with van der Waals surface area (Å²) in [6, 6.07) is 1.87. The zero-order valence-corrected chi connectivity index (χ0v) is 10.7. The zero-order valence-electron chi connectivity index (χ0n) is 10.7. The second kappa shape index (κ2) is 8.75. The topological polar surface area (TPSA) is 59.1 Å². The molecule has 0 saturated carbocycles. The molecule has 0 spiro atoms. The Morgan fingerprint density at radius 2 is 2.06 bits per heavy atom. The van der Waals surface area contributed by atoms with Crippen LogP contribution < -0.4 is 10.6 Å². The van der Waals surface area contributed by atoms with E-state index >= 15 is 0 Å². The zero-order chi connectivity index (χ0) is 12.3. The van der Waals surface area contributed by atoms with Crippen LogP contribution in [0.25, 0.3) is 0 Å². The predicted molar refractivity (Wildman–Crippen MR) is 70.4 cm³/mol. The molecule has 2 N–H and O–H groups in total. The van der Waals surface area contributed by atoms with Gasteiger partial charge >= 0.3 is 0 Å². The first kappa shape index (κ1) is 13.7. The van der Waals surface area contributed by atoms with Crippen molar-refractivity contribution in [2.45, 2.75) is 26.2 Å². The summed E-state index contributed by atoms with van der Waals surface area (Å²) in [5.41, 5.74) is 0. The lowest BCUT2D eigenvalue weighted by atomic mass is 10.3. The molecule has 0 unspecified atom stereocenters. The summed E-state index contributed by atoms with van der Waals surface area (Å²) in [5.74, 6) is 1.55. The normalized spacial score (nSPS) is 10.2. The molecule has 1 aromatic rings. The average molecular weight is 238 g/mol. The van der Waals surface area contributed by atoms with Crippen LogP contribution in [0.4, 0.5) is 11.8 Å². The Morgan fingerprint density at radius 1 is 1.24 bits per heavy atom. The molecule has 0 saturated heterocycles. The van der Waals surface area contributed by atoms with Crippen molar-refractivity contribution < 1.29 is 4.74 Å². The summed E-state index contributed by atoms with van der Waals surface area (Å²) in [6.45, 7) is 4.71. The Balaban J connectivity index is 2.31. The van der Waals surface area contributed by atoms with E-state index in [-0.39, 0.29) is 0 Å². The van der Waals surface area contributed by atoms with Gasteiger partial charge < -0.3 is 15.4 Å². The number of nitrogens with zero attached hydrogens (tertiary/aromatic N) is 2. The Hall–Kier alpha value is -1.36. The molecule has 96 valence electrons. The summed E-state index contributed by atoms with van der Waals surface area (Å²) >= 11 is 0. The summed E-state index contributed by atoms with van der Waals surface area (Å²) < 4.78 is 4.98. The van der Waals surface area contributed by atoms with Gasteiger partial charge in [0.05, 0.1) is 0 Å². The molecule has 0 aliphatic carbocycles. The molecule has 5 nitrogen and oxygen atoms in total. The third-order valence-electron chi connectivity index (χ3n) is 2.30. The van der Waals surface area contributed by atoms with E-state index in [1.807, 2.05) is 6.07 Å². The summed E-state index contributed by atoms with van der Waals surface area (Å²) in [7, 11) is 1.71. The van der Waals surface area contributed by atoms with Gasteiger partial charge in [-0.05, 0) is 18.9 Å². The van der Waals surface area contributed by atoms with Gasteiger partial charge in [0, 0.05) is 33.0 Å². The molecule has 17 heavy (non-hydrogen) atoms. The summed E-state index contributed by atoms with van der Waals surface area (Å²) in [4.78, 5) is 8.54. The van der Waals surface area contributed by atoms with E-state index in [2.05, 4.69) is 27.5 Å². The minimum Gasteiger partial charge on any atom is -0.385 e. The molecule has 0 radical (unpaired) electrons. The number of aromatic nitrogens is 2. The first-order chi connectivity index (χ1) is 8.36. The number of unbranched alkanes of at least 4 members (excludes halogenated alkanes) is 1. The van der Waals surface area contributed by atoms with Crippen molar-refractivity contribution in [1.29, 1.82) is 0 Å². The highest BCUT2D eigenvalue weighted by Gasteiger charge is 1.97. The second-order valence-electron chi connectivity index (χ2n) is 3.82. The number of methoxy groups -OCH3 is 1. The fourth-order valence-electron chi connectivity index (χ4n) is 1.35. The maximum absolute atomic E-state index is 4.98. The fraction of sp³-hybridized carbons (Fsp3) is 0.667. The number of hydrogen-bond acceptors (Lipinski definition) is 5. The smallest absolute Gasteiger partial charge is 0.224 e. The SMILES string of the molecule is CCCCNc1nccc(NCCCOC)n1. The quantitative estimate of drug-likeness (QED) is 0.645. The number of nitrogens with one attached hydrogen (secondary N) is 2. The first-order valence-corrected chi connectivity index (χ1v) is 6.16. The van der Waals surface area contributed by atoms with Gasteiger partial charge in [-0.15, -0.1) is 0 Å². The summed E-state index contributed by atoms with van der Waals surface area (Å²) in [5, 5.41) is 6.44. The number of anilines is 2. The lowest BCUT2D eigenvalue weighted by Gasteiger charge is -2.07. The molecular formula is C12H22N4O. The fourth-order valence-corrected chi connectivity index (χ4v) is 1.35. The van der Waals surface area contributed by atoms with Crippen LogP contribution >= 0.6 is 0 Å². The van der Waals surface area contributed by atoms with E-state index in [9.17, 15) is 0 Å².